The SMILES string of the molecule is OC(CCc1ccccn1)Cc1ccc(C(F)(F)F)cc1. The van der Waals surface area contributed by atoms with Crippen molar-refractivity contribution in [2.75, 3.05) is 0 Å². The molecule has 0 fully saturated rings. The van der Waals surface area contributed by atoms with E-state index in [0.717, 1.165) is 17.8 Å². The molecule has 0 aliphatic carbocycles. The Kier molecular flexibility index (Phi) is 4.96. The van der Waals surface area contributed by atoms with Gasteiger partial charge < -0.3 is 5.11 Å². The smallest absolute Gasteiger partial charge is 0.393 e. The van der Waals surface area contributed by atoms with Crippen LogP contribution in [-0.2, 0) is 19.0 Å². The van der Waals surface area contributed by atoms with E-state index in [9.17, 15) is 18.3 Å². The molecule has 0 amide bonds. The first-order valence-corrected chi connectivity index (χ1v) is 6.69. The fourth-order valence-corrected chi connectivity index (χ4v) is 2.06. The van der Waals surface area contributed by atoms with E-state index in [1.54, 1.807) is 6.20 Å². The van der Waals surface area contributed by atoms with Crippen LogP contribution >= 0.6 is 0 Å². The van der Waals surface area contributed by atoms with Gasteiger partial charge in [-0.1, -0.05) is 18.2 Å². The van der Waals surface area contributed by atoms with E-state index < -0.39 is 17.8 Å². The van der Waals surface area contributed by atoms with Crippen LogP contribution in [0.15, 0.2) is 48.7 Å². The molecule has 2 aromatic rings. The van der Waals surface area contributed by atoms with E-state index in [-0.39, 0.29) is 0 Å². The second-order valence-corrected chi connectivity index (χ2v) is 4.91. The molecule has 21 heavy (non-hydrogen) atoms. The zero-order valence-corrected chi connectivity index (χ0v) is 11.3. The van der Waals surface area contributed by atoms with Gasteiger partial charge in [0.05, 0.1) is 11.7 Å². The van der Waals surface area contributed by atoms with Gasteiger partial charge in [0.15, 0.2) is 0 Å². The van der Waals surface area contributed by atoms with Crippen LogP contribution in [0.5, 0.6) is 0 Å². The van der Waals surface area contributed by atoms with Gasteiger partial charge in [-0.05, 0) is 49.1 Å². The second-order valence-electron chi connectivity index (χ2n) is 4.91. The molecule has 1 aromatic heterocycles. The minimum atomic E-state index is -4.32. The van der Waals surface area contributed by atoms with E-state index >= 15 is 0 Å². The number of aryl methyl sites for hydroxylation is 1. The van der Waals surface area contributed by atoms with Gasteiger partial charge in [-0.2, -0.15) is 13.2 Å². The summed E-state index contributed by atoms with van der Waals surface area (Å²) >= 11 is 0. The lowest BCUT2D eigenvalue weighted by Gasteiger charge is -2.11. The first-order chi connectivity index (χ1) is 9.95. The molecular formula is C16H16F3NO. The highest BCUT2D eigenvalue weighted by molar-refractivity contribution is 5.25. The molecule has 1 heterocycles. The summed E-state index contributed by atoms with van der Waals surface area (Å²) in [6.45, 7) is 0. The number of nitrogens with zero attached hydrogens (tertiary/aromatic N) is 1. The number of aliphatic hydroxyl groups is 1. The van der Waals surface area contributed by atoms with Crippen molar-refractivity contribution in [1.82, 2.24) is 4.98 Å². The summed E-state index contributed by atoms with van der Waals surface area (Å²) in [4.78, 5) is 4.16. The Balaban J connectivity index is 1.86. The van der Waals surface area contributed by atoms with Gasteiger partial charge in [0.1, 0.15) is 0 Å². The number of hydrogen-bond donors (Lipinski definition) is 1. The summed E-state index contributed by atoms with van der Waals surface area (Å²) in [6, 6.07) is 10.5. The van der Waals surface area contributed by atoms with Crippen LogP contribution in [0.3, 0.4) is 0 Å². The van der Waals surface area contributed by atoms with Crippen LogP contribution in [-0.4, -0.2) is 16.2 Å². The molecule has 2 nitrogen and oxygen atoms in total. The highest BCUT2D eigenvalue weighted by Crippen LogP contribution is 2.29. The van der Waals surface area contributed by atoms with Crippen molar-refractivity contribution in [3.63, 3.8) is 0 Å². The monoisotopic (exact) mass is 295 g/mol. The van der Waals surface area contributed by atoms with Crippen molar-refractivity contribution in [3.8, 4) is 0 Å². The molecule has 5 heteroatoms. The summed E-state index contributed by atoms with van der Waals surface area (Å²) < 4.78 is 37.3. The Morgan fingerprint density at radius 2 is 1.76 bits per heavy atom. The predicted molar refractivity (Wildman–Crippen MR) is 73.7 cm³/mol. The first-order valence-electron chi connectivity index (χ1n) is 6.69. The fourth-order valence-electron chi connectivity index (χ4n) is 2.06. The summed E-state index contributed by atoms with van der Waals surface area (Å²) in [7, 11) is 0. The zero-order valence-electron chi connectivity index (χ0n) is 11.3. The standard InChI is InChI=1S/C16H16F3NO/c17-16(18,19)13-6-4-12(5-7-13)11-15(21)9-8-14-3-1-2-10-20-14/h1-7,10,15,21H,8-9,11H2. The summed E-state index contributed by atoms with van der Waals surface area (Å²) in [5.41, 5.74) is 0.912. The Hall–Kier alpha value is -1.88. The maximum Gasteiger partial charge on any atom is 0.416 e. The number of aliphatic hydroxyl groups excluding tert-OH is 1. The molecule has 2 rings (SSSR count). The Labute approximate surface area is 121 Å². The van der Waals surface area contributed by atoms with Crippen LogP contribution in [0.2, 0.25) is 0 Å². The Morgan fingerprint density at radius 1 is 1.05 bits per heavy atom. The normalized spacial score (nSPS) is 13.1. The van der Waals surface area contributed by atoms with Crippen LogP contribution in [0, 0.1) is 0 Å². The highest BCUT2D eigenvalue weighted by Gasteiger charge is 2.29. The summed E-state index contributed by atoms with van der Waals surface area (Å²) in [6.07, 6.45) is -1.72. The molecule has 0 aliphatic heterocycles. The molecule has 0 aliphatic rings. The third kappa shape index (κ3) is 4.86. The maximum absolute atomic E-state index is 12.4. The number of alkyl halides is 3. The van der Waals surface area contributed by atoms with Crippen molar-refractivity contribution >= 4 is 0 Å². The van der Waals surface area contributed by atoms with E-state index in [4.69, 9.17) is 0 Å². The number of rotatable bonds is 5. The van der Waals surface area contributed by atoms with Gasteiger partial charge in [0.25, 0.3) is 0 Å². The molecule has 112 valence electrons. The van der Waals surface area contributed by atoms with Crippen molar-refractivity contribution in [2.24, 2.45) is 0 Å². The number of aromatic nitrogens is 1. The number of halogens is 3. The van der Waals surface area contributed by atoms with Crippen LogP contribution in [0.1, 0.15) is 23.2 Å². The molecule has 0 spiro atoms. The molecule has 1 atom stereocenters. The fraction of sp³-hybridized carbons (Fsp3) is 0.312. The first kappa shape index (κ1) is 15.5. The molecule has 0 saturated carbocycles. The minimum absolute atomic E-state index is 0.338. The zero-order chi connectivity index (χ0) is 15.3. The average Bonchev–Trinajstić information content (AvgIpc) is 2.46. The molecule has 1 N–H and O–H groups in total. The molecule has 0 saturated heterocycles. The summed E-state index contributed by atoms with van der Waals surface area (Å²) in [5, 5.41) is 9.94. The summed E-state index contributed by atoms with van der Waals surface area (Å²) in [5.74, 6) is 0. The van der Waals surface area contributed by atoms with Gasteiger partial charge >= 0.3 is 6.18 Å². The number of benzene rings is 1. The van der Waals surface area contributed by atoms with Crippen molar-refractivity contribution in [1.29, 1.82) is 0 Å². The van der Waals surface area contributed by atoms with Crippen molar-refractivity contribution in [2.45, 2.75) is 31.5 Å². The van der Waals surface area contributed by atoms with Crippen LogP contribution < -0.4 is 0 Å². The third-order valence-electron chi connectivity index (χ3n) is 3.21. The number of pyridine rings is 1. The molecule has 1 aromatic carbocycles. The van der Waals surface area contributed by atoms with E-state index in [1.165, 1.54) is 12.1 Å². The van der Waals surface area contributed by atoms with Crippen LogP contribution in [0.25, 0.3) is 0 Å². The lowest BCUT2D eigenvalue weighted by atomic mass is 10.0. The number of hydrogen-bond acceptors (Lipinski definition) is 2. The highest BCUT2D eigenvalue weighted by atomic mass is 19.4. The predicted octanol–water partition coefficient (Wildman–Crippen LogP) is 3.64. The molecule has 0 radical (unpaired) electrons. The van der Waals surface area contributed by atoms with E-state index in [2.05, 4.69) is 4.98 Å². The Morgan fingerprint density at radius 3 is 2.33 bits per heavy atom. The van der Waals surface area contributed by atoms with Gasteiger partial charge in [-0.3, -0.25) is 4.98 Å². The maximum atomic E-state index is 12.4. The van der Waals surface area contributed by atoms with Crippen molar-refractivity contribution in [3.05, 3.63) is 65.5 Å². The minimum Gasteiger partial charge on any atom is -0.393 e. The average molecular weight is 295 g/mol. The van der Waals surface area contributed by atoms with Gasteiger partial charge in [-0.25, -0.2) is 0 Å². The largest absolute Gasteiger partial charge is 0.416 e. The molecule has 1 unspecified atom stereocenters. The van der Waals surface area contributed by atoms with Crippen LogP contribution in [0.4, 0.5) is 13.2 Å². The molecule has 0 bridgehead atoms. The topological polar surface area (TPSA) is 33.1 Å². The van der Waals surface area contributed by atoms with Gasteiger partial charge in [0.2, 0.25) is 0 Å². The third-order valence-corrected chi connectivity index (χ3v) is 3.21. The Bertz CT molecular complexity index is 552. The second kappa shape index (κ2) is 6.72. The van der Waals surface area contributed by atoms with E-state index in [1.807, 2.05) is 18.2 Å². The molecular weight excluding hydrogens is 279 g/mol. The lowest BCUT2D eigenvalue weighted by Crippen LogP contribution is -2.12. The van der Waals surface area contributed by atoms with Crippen molar-refractivity contribution < 1.29 is 18.3 Å². The van der Waals surface area contributed by atoms with E-state index in [0.29, 0.717) is 24.8 Å². The van der Waals surface area contributed by atoms with Gasteiger partial charge in [-0.15, -0.1) is 0 Å². The lowest BCUT2D eigenvalue weighted by molar-refractivity contribution is -0.137. The van der Waals surface area contributed by atoms with Gasteiger partial charge in [0, 0.05) is 11.9 Å². The quantitative estimate of drug-likeness (QED) is 0.913.